The van der Waals surface area contributed by atoms with Gasteiger partial charge >= 0.3 is 0 Å². The Balaban J connectivity index is 2.07. The lowest BCUT2D eigenvalue weighted by Gasteiger charge is -2.03. The van der Waals surface area contributed by atoms with Gasteiger partial charge in [0.05, 0.1) is 12.0 Å². The van der Waals surface area contributed by atoms with Gasteiger partial charge in [-0.2, -0.15) is 4.98 Å². The summed E-state index contributed by atoms with van der Waals surface area (Å²) in [5.41, 5.74) is 0.615. The van der Waals surface area contributed by atoms with Crippen LogP contribution < -0.4 is 10.3 Å². The van der Waals surface area contributed by atoms with Crippen molar-refractivity contribution < 1.29 is 4.74 Å². The minimum absolute atomic E-state index is 0.205. The first kappa shape index (κ1) is 12.7. The zero-order chi connectivity index (χ0) is 13.9. The summed E-state index contributed by atoms with van der Waals surface area (Å²) in [6.45, 7) is 2.49. The van der Waals surface area contributed by atoms with Crippen molar-refractivity contribution in [2.24, 2.45) is 0 Å². The quantitative estimate of drug-likeness (QED) is 0.741. The Bertz CT molecular complexity index is 797. The lowest BCUT2D eigenvalue weighted by atomic mass is 10.3. The molecule has 0 bridgehead atoms. The molecule has 5 heteroatoms. The summed E-state index contributed by atoms with van der Waals surface area (Å²) in [5.74, 6) is 0.574. The van der Waals surface area contributed by atoms with E-state index in [1.165, 1.54) is 11.3 Å². The van der Waals surface area contributed by atoms with Gasteiger partial charge in [-0.3, -0.25) is 4.79 Å². The molecule has 20 heavy (non-hydrogen) atoms. The van der Waals surface area contributed by atoms with E-state index in [4.69, 9.17) is 4.74 Å². The second-order valence-electron chi connectivity index (χ2n) is 4.14. The average molecular weight is 284 g/mol. The first-order valence-corrected chi connectivity index (χ1v) is 7.08. The van der Waals surface area contributed by atoms with Crippen LogP contribution in [0.25, 0.3) is 20.7 Å². The smallest absolute Gasteiger partial charge is 0.279 e. The topological polar surface area (TPSA) is 52.1 Å². The van der Waals surface area contributed by atoms with Crippen LogP contribution >= 0.6 is 11.3 Å². The molecule has 3 aromatic rings. The molecule has 1 aromatic carbocycles. The maximum atomic E-state index is 12.0. The van der Waals surface area contributed by atoms with Gasteiger partial charge < -0.3 is 4.74 Å². The first-order valence-electron chi connectivity index (χ1n) is 6.27. The zero-order valence-corrected chi connectivity index (χ0v) is 11.7. The molecule has 0 atom stereocenters. The maximum Gasteiger partial charge on any atom is 0.279 e. The van der Waals surface area contributed by atoms with Crippen molar-refractivity contribution in [1.29, 1.82) is 0 Å². The molecule has 0 spiro atoms. The largest absolute Gasteiger partial charge is 0.478 e. The van der Waals surface area contributed by atoms with Crippen LogP contribution in [0, 0.1) is 0 Å². The van der Waals surface area contributed by atoms with Gasteiger partial charge in [-0.15, -0.1) is 11.3 Å². The minimum Gasteiger partial charge on any atom is -0.478 e. The van der Waals surface area contributed by atoms with Gasteiger partial charge in [-0.05, 0) is 25.1 Å². The van der Waals surface area contributed by atoms with Crippen molar-refractivity contribution in [1.82, 2.24) is 9.97 Å². The summed E-state index contributed by atoms with van der Waals surface area (Å²) in [7, 11) is 0. The predicted molar refractivity (Wildman–Crippen MR) is 80.3 cm³/mol. The summed E-state index contributed by atoms with van der Waals surface area (Å²) < 4.78 is 6.23. The van der Waals surface area contributed by atoms with Crippen LogP contribution in [0.5, 0.6) is 5.88 Å². The van der Waals surface area contributed by atoms with Crippen LogP contribution in [-0.4, -0.2) is 16.6 Å². The van der Waals surface area contributed by atoms with Crippen molar-refractivity contribution in [2.45, 2.75) is 6.92 Å². The molecule has 0 aliphatic carbocycles. The monoisotopic (exact) mass is 284 g/mol. The van der Waals surface area contributed by atoms with Crippen LogP contribution in [0.15, 0.2) is 47.4 Å². The lowest BCUT2D eigenvalue weighted by Crippen LogP contribution is -2.05. The fourth-order valence-corrected chi connectivity index (χ4v) is 2.86. The van der Waals surface area contributed by atoms with E-state index >= 15 is 0 Å². The summed E-state index contributed by atoms with van der Waals surface area (Å²) in [5, 5.41) is 1.32. The highest BCUT2D eigenvalue weighted by molar-refractivity contribution is 7.21. The molecule has 0 aliphatic rings. The highest BCUT2D eigenvalue weighted by atomic mass is 32.1. The second-order valence-corrected chi connectivity index (χ2v) is 5.17. The molecule has 0 amide bonds. The van der Waals surface area contributed by atoms with Crippen LogP contribution in [-0.2, 0) is 0 Å². The molecule has 0 saturated heterocycles. The molecule has 0 N–H and O–H groups in total. The molecule has 100 valence electrons. The first-order chi connectivity index (χ1) is 9.78. The van der Waals surface area contributed by atoms with Crippen molar-refractivity contribution >= 4 is 21.4 Å². The summed E-state index contributed by atoms with van der Waals surface area (Å²) >= 11 is 1.48. The van der Waals surface area contributed by atoms with Crippen molar-refractivity contribution in [3.8, 4) is 16.5 Å². The molecule has 0 saturated carbocycles. The number of hydrogen-bond donors (Lipinski definition) is 0. The molecule has 4 nitrogen and oxygen atoms in total. The number of benzene rings is 1. The normalized spacial score (nSPS) is 10.7. The van der Waals surface area contributed by atoms with E-state index in [1.807, 2.05) is 31.2 Å². The minimum atomic E-state index is -0.205. The van der Waals surface area contributed by atoms with Crippen LogP contribution in [0.4, 0.5) is 0 Å². The van der Waals surface area contributed by atoms with Crippen molar-refractivity contribution in [3.63, 3.8) is 0 Å². The van der Waals surface area contributed by atoms with E-state index in [2.05, 4.69) is 9.97 Å². The molecule has 2 aromatic heterocycles. The van der Waals surface area contributed by atoms with E-state index in [9.17, 15) is 4.79 Å². The fraction of sp³-hybridized carbons (Fsp3) is 0.133. The van der Waals surface area contributed by atoms with Crippen molar-refractivity contribution in [3.05, 3.63) is 52.9 Å². The van der Waals surface area contributed by atoms with E-state index in [0.29, 0.717) is 22.9 Å². The Morgan fingerprint density at radius 1 is 1.20 bits per heavy atom. The third-order valence-corrected chi connectivity index (χ3v) is 3.90. The highest BCUT2D eigenvalue weighted by Gasteiger charge is 2.07. The van der Waals surface area contributed by atoms with Crippen molar-refractivity contribution in [2.75, 3.05) is 6.61 Å². The predicted octanol–water partition coefficient (Wildman–Crippen LogP) is 3.12. The standard InChI is InChI=1S/C15H12N2O2S/c1-2-19-13-8-7-10(9-16-13)15-17-14(18)11-5-3-4-6-12(11)20-15/h3-9H,2H2,1H3. The lowest BCUT2D eigenvalue weighted by molar-refractivity contribution is 0.327. The number of rotatable bonds is 3. The van der Waals surface area contributed by atoms with Gasteiger partial charge in [0.2, 0.25) is 5.88 Å². The van der Waals surface area contributed by atoms with Gasteiger partial charge in [0.1, 0.15) is 5.01 Å². The van der Waals surface area contributed by atoms with Crippen LogP contribution in [0.3, 0.4) is 0 Å². The van der Waals surface area contributed by atoms with E-state index in [0.717, 1.165) is 10.3 Å². The van der Waals surface area contributed by atoms with Gasteiger partial charge in [-0.25, -0.2) is 4.98 Å². The summed E-state index contributed by atoms with van der Waals surface area (Å²) in [4.78, 5) is 20.3. The molecule has 0 radical (unpaired) electrons. The van der Waals surface area contributed by atoms with Crippen LogP contribution in [0.1, 0.15) is 6.92 Å². The summed E-state index contributed by atoms with van der Waals surface area (Å²) in [6, 6.07) is 11.1. The molecule has 0 fully saturated rings. The number of nitrogens with zero attached hydrogens (tertiary/aromatic N) is 2. The number of aromatic nitrogens is 2. The van der Waals surface area contributed by atoms with Crippen LogP contribution in [0.2, 0.25) is 0 Å². The highest BCUT2D eigenvalue weighted by Crippen LogP contribution is 2.26. The molecule has 0 aliphatic heterocycles. The van der Waals surface area contributed by atoms with Gasteiger partial charge in [0.15, 0.2) is 0 Å². The third kappa shape index (κ3) is 2.40. The Hall–Kier alpha value is -2.27. The van der Waals surface area contributed by atoms with E-state index < -0.39 is 0 Å². The Labute approximate surface area is 119 Å². The maximum absolute atomic E-state index is 12.0. The zero-order valence-electron chi connectivity index (χ0n) is 10.9. The molecular formula is C15H12N2O2S. The second kappa shape index (κ2) is 5.38. The molecule has 3 rings (SSSR count). The number of fused-ring (bicyclic) bond motifs is 1. The molecule has 0 unspecified atom stereocenters. The van der Waals surface area contributed by atoms with E-state index in [-0.39, 0.29) is 5.56 Å². The number of ether oxygens (including phenoxy) is 1. The Morgan fingerprint density at radius 2 is 2.05 bits per heavy atom. The molecule has 2 heterocycles. The van der Waals surface area contributed by atoms with Gasteiger partial charge in [0.25, 0.3) is 5.56 Å². The number of hydrogen-bond acceptors (Lipinski definition) is 5. The third-order valence-electron chi connectivity index (χ3n) is 2.80. The van der Waals surface area contributed by atoms with E-state index in [1.54, 1.807) is 18.3 Å². The summed E-state index contributed by atoms with van der Waals surface area (Å²) in [6.07, 6.45) is 1.68. The average Bonchev–Trinajstić information content (AvgIpc) is 2.48. The van der Waals surface area contributed by atoms with Gasteiger partial charge in [0, 0.05) is 22.5 Å². The molecular weight excluding hydrogens is 272 g/mol. The van der Waals surface area contributed by atoms with Gasteiger partial charge in [-0.1, -0.05) is 12.1 Å². The Morgan fingerprint density at radius 3 is 2.80 bits per heavy atom. The SMILES string of the molecule is CCOc1ccc(-c2nc(=O)c3ccccc3s2)cn1. The Kier molecular flexibility index (Phi) is 3.43. The fourth-order valence-electron chi connectivity index (χ4n) is 1.88. The number of pyridine rings is 1.